The SMILES string of the molecule is CCC1CN(C(C)c2cccc(OC(F)F)c2)CCC1N. The molecule has 3 atom stereocenters. The molecule has 1 aliphatic rings. The summed E-state index contributed by atoms with van der Waals surface area (Å²) in [6, 6.07) is 7.42. The van der Waals surface area contributed by atoms with Crippen LogP contribution in [-0.4, -0.2) is 30.6 Å². The highest BCUT2D eigenvalue weighted by atomic mass is 19.3. The Morgan fingerprint density at radius 1 is 1.43 bits per heavy atom. The second-order valence-corrected chi connectivity index (χ2v) is 5.74. The Hall–Kier alpha value is -1.20. The second kappa shape index (κ2) is 7.18. The molecule has 0 aliphatic carbocycles. The highest BCUT2D eigenvalue weighted by Crippen LogP contribution is 2.29. The molecule has 0 amide bonds. The van der Waals surface area contributed by atoms with Crippen molar-refractivity contribution < 1.29 is 13.5 Å². The third-order valence-electron chi connectivity index (χ3n) is 4.46. The van der Waals surface area contributed by atoms with E-state index in [1.807, 2.05) is 6.07 Å². The van der Waals surface area contributed by atoms with Gasteiger partial charge in [0.05, 0.1) is 0 Å². The summed E-state index contributed by atoms with van der Waals surface area (Å²) >= 11 is 0. The van der Waals surface area contributed by atoms with Crippen molar-refractivity contribution >= 4 is 0 Å². The van der Waals surface area contributed by atoms with Crippen LogP contribution in [0.3, 0.4) is 0 Å². The molecular weight excluding hydrogens is 274 g/mol. The number of nitrogens with zero attached hydrogens (tertiary/aromatic N) is 1. The number of hydrogen-bond acceptors (Lipinski definition) is 3. The molecule has 21 heavy (non-hydrogen) atoms. The lowest BCUT2D eigenvalue weighted by atomic mass is 9.89. The average Bonchev–Trinajstić information content (AvgIpc) is 2.46. The lowest BCUT2D eigenvalue weighted by Crippen LogP contribution is -2.47. The van der Waals surface area contributed by atoms with Gasteiger partial charge in [-0.2, -0.15) is 8.78 Å². The molecule has 2 rings (SSSR count). The van der Waals surface area contributed by atoms with Crippen LogP contribution >= 0.6 is 0 Å². The van der Waals surface area contributed by atoms with E-state index in [0.29, 0.717) is 5.92 Å². The molecule has 1 heterocycles. The van der Waals surface area contributed by atoms with E-state index in [-0.39, 0.29) is 17.8 Å². The molecule has 0 saturated carbocycles. The fraction of sp³-hybridized carbons (Fsp3) is 0.625. The van der Waals surface area contributed by atoms with Gasteiger partial charge in [-0.3, -0.25) is 4.90 Å². The molecule has 1 aromatic rings. The number of benzene rings is 1. The zero-order valence-corrected chi connectivity index (χ0v) is 12.6. The van der Waals surface area contributed by atoms with Gasteiger partial charge in [0, 0.05) is 25.2 Å². The maximum absolute atomic E-state index is 12.3. The van der Waals surface area contributed by atoms with Crippen molar-refractivity contribution in [2.24, 2.45) is 11.7 Å². The lowest BCUT2D eigenvalue weighted by molar-refractivity contribution is -0.0499. The van der Waals surface area contributed by atoms with Crippen molar-refractivity contribution in [2.75, 3.05) is 13.1 Å². The Balaban J connectivity index is 2.07. The zero-order valence-electron chi connectivity index (χ0n) is 12.6. The maximum Gasteiger partial charge on any atom is 0.387 e. The smallest absolute Gasteiger partial charge is 0.387 e. The summed E-state index contributed by atoms with van der Waals surface area (Å²) in [5.74, 6) is 0.719. The Bertz CT molecular complexity index is 456. The molecule has 0 spiro atoms. The molecule has 0 aromatic heterocycles. The van der Waals surface area contributed by atoms with Crippen LogP contribution in [0.1, 0.15) is 38.3 Å². The summed E-state index contributed by atoms with van der Waals surface area (Å²) in [6.07, 6.45) is 2.05. The van der Waals surface area contributed by atoms with E-state index in [1.54, 1.807) is 18.2 Å². The fourth-order valence-electron chi connectivity index (χ4n) is 3.02. The summed E-state index contributed by atoms with van der Waals surface area (Å²) in [6.45, 7) is 3.38. The second-order valence-electron chi connectivity index (χ2n) is 5.74. The van der Waals surface area contributed by atoms with Crippen molar-refractivity contribution in [1.29, 1.82) is 0 Å². The predicted molar refractivity (Wildman–Crippen MR) is 79.4 cm³/mol. The van der Waals surface area contributed by atoms with Crippen LogP contribution in [0.25, 0.3) is 0 Å². The van der Waals surface area contributed by atoms with E-state index in [4.69, 9.17) is 5.73 Å². The van der Waals surface area contributed by atoms with Crippen LogP contribution in [0.15, 0.2) is 24.3 Å². The van der Waals surface area contributed by atoms with Crippen molar-refractivity contribution in [2.45, 2.75) is 45.4 Å². The van der Waals surface area contributed by atoms with Crippen LogP contribution < -0.4 is 10.5 Å². The number of hydrogen-bond donors (Lipinski definition) is 1. The number of likely N-dealkylation sites (tertiary alicyclic amines) is 1. The minimum absolute atomic E-state index is 0.174. The topological polar surface area (TPSA) is 38.5 Å². The van der Waals surface area contributed by atoms with Gasteiger partial charge in [0.15, 0.2) is 0 Å². The Kier molecular flexibility index (Phi) is 5.53. The van der Waals surface area contributed by atoms with Crippen LogP contribution in [-0.2, 0) is 0 Å². The first-order chi connectivity index (χ1) is 10.0. The molecule has 1 fully saturated rings. The van der Waals surface area contributed by atoms with Gasteiger partial charge < -0.3 is 10.5 Å². The van der Waals surface area contributed by atoms with E-state index in [1.165, 1.54) is 0 Å². The highest BCUT2D eigenvalue weighted by Gasteiger charge is 2.28. The zero-order chi connectivity index (χ0) is 15.4. The minimum atomic E-state index is -2.78. The first-order valence-corrected chi connectivity index (χ1v) is 7.55. The molecular formula is C16H24F2N2O. The largest absolute Gasteiger partial charge is 0.435 e. The van der Waals surface area contributed by atoms with Crippen LogP contribution in [0.2, 0.25) is 0 Å². The van der Waals surface area contributed by atoms with E-state index in [2.05, 4.69) is 23.5 Å². The first kappa shape index (κ1) is 16.2. The lowest BCUT2D eigenvalue weighted by Gasteiger charge is -2.40. The van der Waals surface area contributed by atoms with E-state index in [0.717, 1.165) is 31.5 Å². The Morgan fingerprint density at radius 2 is 2.19 bits per heavy atom. The quantitative estimate of drug-likeness (QED) is 0.905. The molecule has 1 aliphatic heterocycles. The summed E-state index contributed by atoms with van der Waals surface area (Å²) in [4.78, 5) is 2.37. The number of nitrogens with two attached hydrogens (primary N) is 1. The highest BCUT2D eigenvalue weighted by molar-refractivity contribution is 5.30. The van der Waals surface area contributed by atoms with Gasteiger partial charge in [-0.15, -0.1) is 0 Å². The van der Waals surface area contributed by atoms with Crippen molar-refractivity contribution in [3.8, 4) is 5.75 Å². The van der Waals surface area contributed by atoms with Gasteiger partial charge >= 0.3 is 6.61 Å². The Labute approximate surface area is 125 Å². The predicted octanol–water partition coefficient (Wildman–Crippen LogP) is 3.41. The summed E-state index contributed by atoms with van der Waals surface area (Å²) in [5, 5.41) is 0. The van der Waals surface area contributed by atoms with E-state index >= 15 is 0 Å². The molecule has 118 valence electrons. The average molecular weight is 298 g/mol. The molecule has 1 saturated heterocycles. The number of ether oxygens (including phenoxy) is 1. The van der Waals surface area contributed by atoms with Gasteiger partial charge in [-0.1, -0.05) is 25.5 Å². The summed E-state index contributed by atoms with van der Waals surface area (Å²) in [7, 11) is 0. The molecule has 5 heteroatoms. The van der Waals surface area contributed by atoms with Crippen LogP contribution in [0.4, 0.5) is 8.78 Å². The van der Waals surface area contributed by atoms with Gasteiger partial charge in [0.2, 0.25) is 0 Å². The van der Waals surface area contributed by atoms with Gasteiger partial charge in [-0.25, -0.2) is 0 Å². The molecule has 2 N–H and O–H groups in total. The van der Waals surface area contributed by atoms with Crippen molar-refractivity contribution in [3.63, 3.8) is 0 Å². The summed E-state index contributed by atoms with van der Waals surface area (Å²) < 4.78 is 29.1. The minimum Gasteiger partial charge on any atom is -0.435 e. The number of rotatable bonds is 5. The monoisotopic (exact) mass is 298 g/mol. The molecule has 3 unspecified atom stereocenters. The number of alkyl halides is 2. The standard InChI is InChI=1S/C16H24F2N2O/c1-3-12-10-20(8-7-15(12)19)11(2)13-5-4-6-14(9-13)21-16(17)18/h4-6,9,11-12,15-16H,3,7-8,10,19H2,1-2H3. The van der Waals surface area contributed by atoms with Crippen LogP contribution in [0, 0.1) is 5.92 Å². The molecule has 3 nitrogen and oxygen atoms in total. The summed E-state index contributed by atoms with van der Waals surface area (Å²) in [5.41, 5.74) is 7.14. The number of piperidine rings is 1. The number of halogens is 2. The van der Waals surface area contributed by atoms with Gasteiger partial charge in [0.1, 0.15) is 5.75 Å². The van der Waals surface area contributed by atoms with Crippen LogP contribution in [0.5, 0.6) is 5.75 Å². The van der Waals surface area contributed by atoms with Crippen molar-refractivity contribution in [3.05, 3.63) is 29.8 Å². The van der Waals surface area contributed by atoms with Crippen molar-refractivity contribution in [1.82, 2.24) is 4.90 Å². The fourth-order valence-corrected chi connectivity index (χ4v) is 3.02. The van der Waals surface area contributed by atoms with Gasteiger partial charge in [0.25, 0.3) is 0 Å². The third kappa shape index (κ3) is 4.14. The van der Waals surface area contributed by atoms with Gasteiger partial charge in [-0.05, 0) is 37.0 Å². The Morgan fingerprint density at radius 3 is 2.86 bits per heavy atom. The molecule has 1 aromatic carbocycles. The maximum atomic E-state index is 12.3. The van der Waals surface area contributed by atoms with E-state index in [9.17, 15) is 8.78 Å². The molecule has 0 bridgehead atoms. The molecule has 0 radical (unpaired) electrons. The normalized spacial score (nSPS) is 25.0. The van der Waals surface area contributed by atoms with E-state index < -0.39 is 6.61 Å². The third-order valence-corrected chi connectivity index (χ3v) is 4.46. The first-order valence-electron chi connectivity index (χ1n) is 7.55.